The van der Waals surface area contributed by atoms with Crippen molar-refractivity contribution in [1.82, 2.24) is 4.31 Å². The highest BCUT2D eigenvalue weighted by atomic mass is 32.2. The second-order valence-corrected chi connectivity index (χ2v) is 8.36. The molecule has 2 rings (SSSR count). The lowest BCUT2D eigenvalue weighted by Crippen LogP contribution is -2.49. The SMILES string of the molecule is CCCCCC#C[CH]CS(=O)(=O)N1CCN(c2cccc(OC)c2)CC1. The van der Waals surface area contributed by atoms with E-state index in [1.165, 1.54) is 12.8 Å². The lowest BCUT2D eigenvalue weighted by atomic mass is 10.2. The van der Waals surface area contributed by atoms with Gasteiger partial charge in [0.1, 0.15) is 5.75 Å². The summed E-state index contributed by atoms with van der Waals surface area (Å²) in [5, 5.41) is 0. The van der Waals surface area contributed by atoms with Gasteiger partial charge in [0.05, 0.1) is 19.3 Å². The molecule has 0 saturated carbocycles. The Labute approximate surface area is 158 Å². The summed E-state index contributed by atoms with van der Waals surface area (Å²) in [6, 6.07) is 7.86. The molecule has 0 aromatic heterocycles. The maximum absolute atomic E-state index is 12.5. The van der Waals surface area contributed by atoms with Crippen LogP contribution in [0.2, 0.25) is 0 Å². The molecule has 1 radical (unpaired) electrons. The van der Waals surface area contributed by atoms with Crippen molar-refractivity contribution in [2.75, 3.05) is 43.9 Å². The van der Waals surface area contributed by atoms with Crippen LogP contribution in [0, 0.1) is 18.3 Å². The Bertz CT molecular complexity index is 714. The summed E-state index contributed by atoms with van der Waals surface area (Å²) in [6.45, 7) is 4.50. The van der Waals surface area contributed by atoms with Crippen LogP contribution in [0.4, 0.5) is 5.69 Å². The van der Waals surface area contributed by atoms with Crippen molar-refractivity contribution >= 4 is 15.7 Å². The molecule has 5 nitrogen and oxygen atoms in total. The molecule has 0 bridgehead atoms. The Morgan fingerprint density at radius 3 is 2.65 bits per heavy atom. The number of unbranched alkanes of at least 4 members (excludes halogenated alkanes) is 3. The number of hydrogen-bond acceptors (Lipinski definition) is 4. The second-order valence-electron chi connectivity index (χ2n) is 6.35. The molecule has 1 aromatic rings. The van der Waals surface area contributed by atoms with Crippen LogP contribution in [0.15, 0.2) is 24.3 Å². The van der Waals surface area contributed by atoms with E-state index < -0.39 is 10.0 Å². The van der Waals surface area contributed by atoms with Gasteiger partial charge in [0.25, 0.3) is 0 Å². The first kappa shape index (κ1) is 20.6. The maximum Gasteiger partial charge on any atom is 0.215 e. The van der Waals surface area contributed by atoms with E-state index in [9.17, 15) is 8.42 Å². The molecule has 0 atom stereocenters. The normalized spacial score (nSPS) is 15.4. The van der Waals surface area contributed by atoms with Crippen molar-refractivity contribution in [3.05, 3.63) is 30.7 Å². The Morgan fingerprint density at radius 1 is 1.19 bits per heavy atom. The molecule has 0 amide bonds. The molecule has 143 valence electrons. The lowest BCUT2D eigenvalue weighted by molar-refractivity contribution is 0.385. The fraction of sp³-hybridized carbons (Fsp3) is 0.550. The molecule has 1 aliphatic rings. The zero-order valence-electron chi connectivity index (χ0n) is 15.8. The number of rotatable bonds is 8. The van der Waals surface area contributed by atoms with E-state index in [1.54, 1.807) is 17.8 Å². The van der Waals surface area contributed by atoms with Crippen LogP contribution in [0.5, 0.6) is 5.75 Å². The Kier molecular flexibility index (Phi) is 8.27. The number of ether oxygens (including phenoxy) is 1. The van der Waals surface area contributed by atoms with E-state index in [4.69, 9.17) is 4.74 Å². The van der Waals surface area contributed by atoms with Gasteiger partial charge < -0.3 is 9.64 Å². The standard InChI is InChI=1S/C20H29N2O3S/c1-3-4-5-6-7-8-9-17-26(23,24)22-15-13-21(14-16-22)19-11-10-12-20(18-19)25-2/h9-12,18H,3-6,13-17H2,1-2H3. The molecule has 1 heterocycles. The van der Waals surface area contributed by atoms with Gasteiger partial charge in [-0.25, -0.2) is 8.42 Å². The third kappa shape index (κ3) is 6.22. The summed E-state index contributed by atoms with van der Waals surface area (Å²) >= 11 is 0. The summed E-state index contributed by atoms with van der Waals surface area (Å²) in [6.07, 6.45) is 5.84. The first-order valence-electron chi connectivity index (χ1n) is 9.23. The van der Waals surface area contributed by atoms with Crippen LogP contribution in [0.25, 0.3) is 0 Å². The van der Waals surface area contributed by atoms with Crippen molar-refractivity contribution < 1.29 is 13.2 Å². The summed E-state index contributed by atoms with van der Waals surface area (Å²) in [5.41, 5.74) is 1.06. The minimum atomic E-state index is -3.28. The highest BCUT2D eigenvalue weighted by Crippen LogP contribution is 2.22. The van der Waals surface area contributed by atoms with Crippen molar-refractivity contribution in [3.8, 4) is 17.6 Å². The van der Waals surface area contributed by atoms with E-state index in [-0.39, 0.29) is 5.75 Å². The number of piperazine rings is 1. The number of sulfonamides is 1. The van der Waals surface area contributed by atoms with E-state index in [2.05, 4.69) is 23.7 Å². The monoisotopic (exact) mass is 377 g/mol. The van der Waals surface area contributed by atoms with Crippen LogP contribution in [-0.4, -0.2) is 51.8 Å². The quantitative estimate of drug-likeness (QED) is 0.516. The predicted molar refractivity (Wildman–Crippen MR) is 107 cm³/mol. The van der Waals surface area contributed by atoms with Gasteiger partial charge in [0.15, 0.2) is 0 Å². The Hall–Kier alpha value is -1.71. The molecule has 26 heavy (non-hydrogen) atoms. The second kappa shape index (κ2) is 10.4. The van der Waals surface area contributed by atoms with Crippen LogP contribution in [-0.2, 0) is 10.0 Å². The number of hydrogen-bond donors (Lipinski definition) is 0. The van der Waals surface area contributed by atoms with Crippen LogP contribution in [0.1, 0.15) is 32.6 Å². The average Bonchev–Trinajstić information content (AvgIpc) is 2.67. The molecule has 0 N–H and O–H groups in total. The molecule has 0 unspecified atom stereocenters. The first-order valence-corrected chi connectivity index (χ1v) is 10.8. The largest absolute Gasteiger partial charge is 0.497 e. The van der Waals surface area contributed by atoms with Crippen molar-refractivity contribution in [1.29, 1.82) is 0 Å². The zero-order valence-corrected chi connectivity index (χ0v) is 16.6. The van der Waals surface area contributed by atoms with Gasteiger partial charge in [-0.05, 0) is 18.6 Å². The van der Waals surface area contributed by atoms with Gasteiger partial charge in [0, 0.05) is 44.4 Å². The molecule has 6 heteroatoms. The fourth-order valence-corrected chi connectivity index (χ4v) is 4.12. The lowest BCUT2D eigenvalue weighted by Gasteiger charge is -2.35. The summed E-state index contributed by atoms with van der Waals surface area (Å²) in [7, 11) is -1.63. The van der Waals surface area contributed by atoms with Crippen molar-refractivity contribution in [2.24, 2.45) is 0 Å². The van der Waals surface area contributed by atoms with Crippen LogP contribution < -0.4 is 9.64 Å². The van der Waals surface area contributed by atoms with Gasteiger partial charge in [-0.1, -0.05) is 31.8 Å². The molecule has 0 aliphatic carbocycles. The number of methoxy groups -OCH3 is 1. The first-order chi connectivity index (χ1) is 12.6. The summed E-state index contributed by atoms with van der Waals surface area (Å²) < 4.78 is 31.7. The number of benzene rings is 1. The Morgan fingerprint density at radius 2 is 1.96 bits per heavy atom. The van der Waals surface area contributed by atoms with Gasteiger partial charge in [-0.2, -0.15) is 4.31 Å². The van der Waals surface area contributed by atoms with Crippen molar-refractivity contribution in [3.63, 3.8) is 0 Å². The van der Waals surface area contributed by atoms with Crippen LogP contribution in [0.3, 0.4) is 0 Å². The molecule has 1 saturated heterocycles. The zero-order chi connectivity index (χ0) is 18.8. The third-order valence-electron chi connectivity index (χ3n) is 4.45. The van der Waals surface area contributed by atoms with Gasteiger partial charge in [-0.15, -0.1) is 5.92 Å². The van der Waals surface area contributed by atoms with E-state index in [1.807, 2.05) is 24.3 Å². The maximum atomic E-state index is 12.5. The fourth-order valence-electron chi connectivity index (χ4n) is 2.89. The smallest absolute Gasteiger partial charge is 0.215 e. The van der Waals surface area contributed by atoms with E-state index in [0.717, 1.165) is 24.3 Å². The topological polar surface area (TPSA) is 49.9 Å². The predicted octanol–water partition coefficient (Wildman–Crippen LogP) is 2.93. The summed E-state index contributed by atoms with van der Waals surface area (Å²) in [5.74, 6) is 6.71. The number of anilines is 1. The molecular weight excluding hydrogens is 348 g/mol. The summed E-state index contributed by atoms with van der Waals surface area (Å²) in [4.78, 5) is 2.19. The molecule has 1 aliphatic heterocycles. The minimum Gasteiger partial charge on any atom is -0.497 e. The van der Waals surface area contributed by atoms with Gasteiger partial charge >= 0.3 is 0 Å². The van der Waals surface area contributed by atoms with Crippen molar-refractivity contribution in [2.45, 2.75) is 32.6 Å². The van der Waals surface area contributed by atoms with E-state index in [0.29, 0.717) is 26.2 Å². The highest BCUT2D eigenvalue weighted by molar-refractivity contribution is 7.89. The van der Waals surface area contributed by atoms with Gasteiger partial charge in [-0.3, -0.25) is 0 Å². The molecular formula is C20H29N2O3S. The third-order valence-corrected chi connectivity index (χ3v) is 6.19. The Balaban J connectivity index is 1.80. The molecule has 1 fully saturated rings. The van der Waals surface area contributed by atoms with Gasteiger partial charge in [0.2, 0.25) is 10.0 Å². The number of nitrogens with zero attached hydrogens (tertiary/aromatic N) is 2. The van der Waals surface area contributed by atoms with Crippen LogP contribution >= 0.6 is 0 Å². The molecule has 0 spiro atoms. The average molecular weight is 378 g/mol. The minimum absolute atomic E-state index is 0.00701. The highest BCUT2D eigenvalue weighted by Gasteiger charge is 2.26. The van der Waals surface area contributed by atoms with E-state index >= 15 is 0 Å². The molecule has 1 aromatic carbocycles.